The number of rotatable bonds is 3. The molecule has 0 unspecified atom stereocenters. The van der Waals surface area contributed by atoms with E-state index in [0.29, 0.717) is 6.04 Å². The normalized spacial score (nSPS) is 21.2. The number of thiocarbonyl (C=S) groups is 1. The predicted octanol–water partition coefficient (Wildman–Crippen LogP) is 3.58. The van der Waals surface area contributed by atoms with Crippen molar-refractivity contribution in [3.05, 3.63) is 30.1 Å². The summed E-state index contributed by atoms with van der Waals surface area (Å²) in [4.78, 5) is 9.14. The van der Waals surface area contributed by atoms with Gasteiger partial charge in [-0.25, -0.2) is 0 Å². The Hall–Kier alpha value is -1.20. The third-order valence-electron chi connectivity index (χ3n) is 5.44. The lowest BCUT2D eigenvalue weighted by atomic mass is 9.97. The van der Waals surface area contributed by atoms with Crippen molar-refractivity contribution in [1.82, 2.24) is 20.1 Å². The minimum atomic E-state index is 0.586. The lowest BCUT2D eigenvalue weighted by molar-refractivity contribution is 0.277. The molecule has 1 saturated carbocycles. The summed E-state index contributed by atoms with van der Waals surface area (Å²) in [5.74, 6) is 0. The monoisotopic (exact) mass is 360 g/mol. The van der Waals surface area contributed by atoms with Gasteiger partial charge in [0.2, 0.25) is 0 Å². The molecule has 0 atom stereocenters. The number of nitrogens with zero attached hydrogens (tertiary/aromatic N) is 3. The smallest absolute Gasteiger partial charge is 0.169 e. The van der Waals surface area contributed by atoms with Gasteiger partial charge in [-0.3, -0.25) is 9.88 Å². The lowest BCUT2D eigenvalue weighted by Gasteiger charge is -2.29. The average Bonchev–Trinajstić information content (AvgIpc) is 2.84. The lowest BCUT2D eigenvalue weighted by Crippen LogP contribution is -2.46. The van der Waals surface area contributed by atoms with Gasteiger partial charge in [0.25, 0.3) is 0 Å². The standard InChI is InChI=1S/C20H32N4S/c25-20(22-19-9-4-2-1-3-5-10-19)24-13-7-12-23(14-15-24)17-18-8-6-11-21-16-18/h6,8,11,16,19H,1-5,7,9-10,12-15,17H2,(H,22,25). The van der Waals surface area contributed by atoms with Gasteiger partial charge in [0.15, 0.2) is 5.11 Å². The van der Waals surface area contributed by atoms with E-state index in [-0.39, 0.29) is 0 Å². The number of hydrogen-bond acceptors (Lipinski definition) is 3. The summed E-state index contributed by atoms with van der Waals surface area (Å²) in [6.45, 7) is 5.30. The molecule has 1 N–H and O–H groups in total. The molecular weight excluding hydrogens is 328 g/mol. The van der Waals surface area contributed by atoms with Crippen LogP contribution in [0, 0.1) is 0 Å². The Morgan fingerprint density at radius 3 is 2.60 bits per heavy atom. The van der Waals surface area contributed by atoms with Crippen LogP contribution in [-0.2, 0) is 6.54 Å². The fourth-order valence-corrected chi connectivity index (χ4v) is 4.30. The van der Waals surface area contributed by atoms with Crippen molar-refractivity contribution < 1.29 is 0 Å². The second-order valence-electron chi connectivity index (χ2n) is 7.47. The summed E-state index contributed by atoms with van der Waals surface area (Å²) >= 11 is 5.75. The first-order chi connectivity index (χ1) is 12.3. The molecule has 1 saturated heterocycles. The van der Waals surface area contributed by atoms with E-state index < -0.39 is 0 Å². The predicted molar refractivity (Wildman–Crippen MR) is 108 cm³/mol. The Morgan fingerprint density at radius 2 is 1.84 bits per heavy atom. The zero-order valence-corrected chi connectivity index (χ0v) is 16.1. The van der Waals surface area contributed by atoms with Gasteiger partial charge in [-0.2, -0.15) is 0 Å². The highest BCUT2D eigenvalue weighted by molar-refractivity contribution is 7.80. The third kappa shape index (κ3) is 6.23. The Labute approximate surface area is 158 Å². The molecule has 1 aromatic heterocycles. The highest BCUT2D eigenvalue weighted by Gasteiger charge is 2.19. The molecule has 138 valence electrons. The highest BCUT2D eigenvalue weighted by atomic mass is 32.1. The Kier molecular flexibility index (Phi) is 7.49. The van der Waals surface area contributed by atoms with Crippen LogP contribution in [0.2, 0.25) is 0 Å². The quantitative estimate of drug-likeness (QED) is 0.833. The van der Waals surface area contributed by atoms with E-state index in [9.17, 15) is 0 Å². The van der Waals surface area contributed by atoms with Crippen molar-refractivity contribution in [2.75, 3.05) is 26.2 Å². The molecule has 2 heterocycles. The molecule has 25 heavy (non-hydrogen) atoms. The maximum atomic E-state index is 5.75. The fraction of sp³-hybridized carbons (Fsp3) is 0.700. The minimum Gasteiger partial charge on any atom is -0.360 e. The third-order valence-corrected chi connectivity index (χ3v) is 5.81. The average molecular weight is 361 g/mol. The van der Waals surface area contributed by atoms with Crippen molar-refractivity contribution in [2.45, 2.75) is 64.0 Å². The van der Waals surface area contributed by atoms with Crippen molar-refractivity contribution in [3.63, 3.8) is 0 Å². The van der Waals surface area contributed by atoms with E-state index in [0.717, 1.165) is 37.8 Å². The maximum Gasteiger partial charge on any atom is 0.169 e. The molecule has 1 aliphatic heterocycles. The van der Waals surface area contributed by atoms with Gasteiger partial charge in [0, 0.05) is 51.2 Å². The van der Waals surface area contributed by atoms with Crippen LogP contribution in [0.4, 0.5) is 0 Å². The first-order valence-electron chi connectivity index (χ1n) is 9.98. The van der Waals surface area contributed by atoms with Gasteiger partial charge < -0.3 is 10.2 Å². The van der Waals surface area contributed by atoms with Crippen molar-refractivity contribution in [3.8, 4) is 0 Å². The first kappa shape index (κ1) is 18.6. The maximum absolute atomic E-state index is 5.75. The van der Waals surface area contributed by atoms with Gasteiger partial charge in [0.05, 0.1) is 0 Å². The summed E-state index contributed by atoms with van der Waals surface area (Å²) in [6.07, 6.45) is 14.4. The number of hydrogen-bond donors (Lipinski definition) is 1. The molecule has 1 aliphatic carbocycles. The van der Waals surface area contributed by atoms with Gasteiger partial charge in [-0.1, -0.05) is 38.2 Å². The van der Waals surface area contributed by atoms with Crippen LogP contribution in [0.15, 0.2) is 24.5 Å². The van der Waals surface area contributed by atoms with Crippen LogP contribution >= 0.6 is 12.2 Å². The highest BCUT2D eigenvalue weighted by Crippen LogP contribution is 2.17. The van der Waals surface area contributed by atoms with E-state index >= 15 is 0 Å². The minimum absolute atomic E-state index is 0.586. The van der Waals surface area contributed by atoms with Gasteiger partial charge in [-0.15, -0.1) is 0 Å². The van der Waals surface area contributed by atoms with E-state index in [2.05, 4.69) is 26.2 Å². The Balaban J connectivity index is 1.45. The molecule has 0 radical (unpaired) electrons. The largest absolute Gasteiger partial charge is 0.360 e. The second kappa shape index (κ2) is 10.1. The number of aromatic nitrogens is 1. The van der Waals surface area contributed by atoms with E-state index in [1.165, 1.54) is 56.9 Å². The van der Waals surface area contributed by atoms with Crippen molar-refractivity contribution >= 4 is 17.3 Å². The molecule has 2 aliphatic rings. The Bertz CT molecular complexity index is 514. The number of nitrogens with one attached hydrogen (secondary N) is 1. The fourth-order valence-electron chi connectivity index (χ4n) is 3.95. The molecule has 0 spiro atoms. The van der Waals surface area contributed by atoms with Crippen molar-refractivity contribution in [1.29, 1.82) is 0 Å². The zero-order valence-electron chi connectivity index (χ0n) is 15.3. The van der Waals surface area contributed by atoms with E-state index in [1.807, 2.05) is 18.5 Å². The number of pyridine rings is 1. The van der Waals surface area contributed by atoms with Gasteiger partial charge in [0.1, 0.15) is 0 Å². The summed E-state index contributed by atoms with van der Waals surface area (Å²) in [5, 5.41) is 4.66. The SMILES string of the molecule is S=C(NC1CCCCCCC1)N1CCCN(Cc2cccnc2)CC1. The summed E-state index contributed by atoms with van der Waals surface area (Å²) in [7, 11) is 0. The van der Waals surface area contributed by atoms with Crippen LogP contribution in [-0.4, -0.2) is 52.1 Å². The molecule has 4 nitrogen and oxygen atoms in total. The van der Waals surface area contributed by atoms with Crippen LogP contribution < -0.4 is 5.32 Å². The zero-order chi connectivity index (χ0) is 17.3. The van der Waals surface area contributed by atoms with Crippen LogP contribution in [0.1, 0.15) is 56.9 Å². The van der Waals surface area contributed by atoms with Crippen LogP contribution in [0.5, 0.6) is 0 Å². The van der Waals surface area contributed by atoms with E-state index in [4.69, 9.17) is 12.2 Å². The molecule has 1 aromatic rings. The summed E-state index contributed by atoms with van der Waals surface area (Å²) < 4.78 is 0. The van der Waals surface area contributed by atoms with Gasteiger partial charge in [-0.05, 0) is 43.1 Å². The summed E-state index contributed by atoms with van der Waals surface area (Å²) in [5.41, 5.74) is 1.30. The molecule has 2 fully saturated rings. The second-order valence-corrected chi connectivity index (χ2v) is 7.86. The van der Waals surface area contributed by atoms with Gasteiger partial charge >= 0.3 is 0 Å². The topological polar surface area (TPSA) is 31.4 Å². The first-order valence-corrected chi connectivity index (χ1v) is 10.4. The summed E-state index contributed by atoms with van der Waals surface area (Å²) in [6, 6.07) is 4.77. The molecule has 5 heteroatoms. The van der Waals surface area contributed by atoms with E-state index in [1.54, 1.807) is 0 Å². The van der Waals surface area contributed by atoms with Crippen LogP contribution in [0.3, 0.4) is 0 Å². The Morgan fingerprint density at radius 1 is 1.04 bits per heavy atom. The molecule has 0 amide bonds. The molecule has 0 aromatic carbocycles. The molecule has 3 rings (SSSR count). The van der Waals surface area contributed by atoms with Crippen molar-refractivity contribution in [2.24, 2.45) is 0 Å². The molecule has 0 bridgehead atoms. The molecular formula is C20H32N4S. The van der Waals surface area contributed by atoms with Crippen LogP contribution in [0.25, 0.3) is 0 Å².